The first-order valence-electron chi connectivity index (χ1n) is 8.54. The summed E-state index contributed by atoms with van der Waals surface area (Å²) in [6, 6.07) is 17.5. The fourth-order valence-electron chi connectivity index (χ4n) is 2.79. The molecule has 0 aliphatic carbocycles. The third-order valence-electron chi connectivity index (χ3n) is 4.11. The average molecular weight is 585 g/mol. The van der Waals surface area contributed by atoms with Crippen molar-refractivity contribution in [3.63, 3.8) is 0 Å². The van der Waals surface area contributed by atoms with Gasteiger partial charge >= 0.3 is 0 Å². The van der Waals surface area contributed by atoms with Crippen molar-refractivity contribution in [2.24, 2.45) is 0 Å². The van der Waals surface area contributed by atoms with Crippen molar-refractivity contribution in [3.8, 4) is 5.75 Å². The topological polar surface area (TPSA) is 47.0 Å². The van der Waals surface area contributed by atoms with E-state index < -0.39 is 0 Å². The first-order chi connectivity index (χ1) is 14.0. The van der Waals surface area contributed by atoms with Crippen LogP contribution in [0.15, 0.2) is 65.1 Å². The quantitative estimate of drug-likeness (QED) is 0.201. The fourth-order valence-corrected chi connectivity index (χ4v) is 3.89. The standard InChI is InChI=1S/C21H13BrClFIN3O/c22-13-4-6-18-16(9-13)20(28-21(25)27-18)26-15-5-7-19(17(23)10-15)29-11-12-2-1-3-14(24)8-12/h1-10H,11H2,(H,26,27,28). The minimum absolute atomic E-state index is 0.229. The van der Waals surface area contributed by atoms with Gasteiger partial charge in [0.1, 0.15) is 24.0 Å². The number of fused-ring (bicyclic) bond motifs is 1. The van der Waals surface area contributed by atoms with E-state index in [1.807, 2.05) is 24.3 Å². The molecule has 146 valence electrons. The number of ether oxygens (including phenoxy) is 1. The van der Waals surface area contributed by atoms with Crippen LogP contribution in [-0.2, 0) is 6.61 Å². The maximum absolute atomic E-state index is 13.3. The third kappa shape index (κ3) is 4.96. The lowest BCUT2D eigenvalue weighted by Crippen LogP contribution is -2.00. The van der Waals surface area contributed by atoms with E-state index in [2.05, 4.69) is 53.8 Å². The van der Waals surface area contributed by atoms with Gasteiger partial charge < -0.3 is 10.1 Å². The highest BCUT2D eigenvalue weighted by molar-refractivity contribution is 14.1. The first kappa shape index (κ1) is 20.3. The smallest absolute Gasteiger partial charge is 0.193 e. The number of nitrogens with zero attached hydrogens (tertiary/aromatic N) is 2. The average Bonchev–Trinajstić information content (AvgIpc) is 2.68. The number of hydrogen-bond donors (Lipinski definition) is 1. The summed E-state index contributed by atoms with van der Waals surface area (Å²) in [5.41, 5.74) is 2.34. The molecule has 3 aromatic carbocycles. The fraction of sp³-hybridized carbons (Fsp3) is 0.0476. The van der Waals surface area contributed by atoms with E-state index >= 15 is 0 Å². The van der Waals surface area contributed by atoms with E-state index in [0.717, 1.165) is 26.6 Å². The Kier molecular flexibility index (Phi) is 6.17. The van der Waals surface area contributed by atoms with E-state index in [1.165, 1.54) is 12.1 Å². The Hall–Kier alpha value is -1.97. The van der Waals surface area contributed by atoms with Gasteiger partial charge in [0.05, 0.1) is 10.5 Å². The lowest BCUT2D eigenvalue weighted by atomic mass is 10.2. The SMILES string of the molecule is Fc1cccc(COc2ccc(Nc3nc(I)nc4ccc(Br)cc34)cc2Cl)c1. The second-order valence-corrected chi connectivity index (χ2v) is 8.48. The molecule has 0 saturated carbocycles. The van der Waals surface area contributed by atoms with E-state index in [1.54, 1.807) is 24.3 Å². The summed E-state index contributed by atoms with van der Waals surface area (Å²) in [5, 5.41) is 4.63. The zero-order chi connectivity index (χ0) is 20.4. The van der Waals surface area contributed by atoms with Crippen LogP contribution >= 0.6 is 50.1 Å². The molecule has 1 heterocycles. The normalized spacial score (nSPS) is 10.9. The van der Waals surface area contributed by atoms with Crippen LogP contribution in [0.1, 0.15) is 5.56 Å². The van der Waals surface area contributed by atoms with Crippen LogP contribution in [0.5, 0.6) is 5.75 Å². The van der Waals surface area contributed by atoms with Gasteiger partial charge in [-0.2, -0.15) is 0 Å². The minimum Gasteiger partial charge on any atom is -0.487 e. The first-order valence-corrected chi connectivity index (χ1v) is 10.8. The number of rotatable bonds is 5. The van der Waals surface area contributed by atoms with Crippen LogP contribution in [0.2, 0.25) is 5.02 Å². The molecule has 0 radical (unpaired) electrons. The van der Waals surface area contributed by atoms with Crippen LogP contribution in [-0.4, -0.2) is 9.97 Å². The lowest BCUT2D eigenvalue weighted by molar-refractivity contribution is 0.306. The van der Waals surface area contributed by atoms with Gasteiger partial charge in [-0.3, -0.25) is 0 Å². The molecule has 1 N–H and O–H groups in total. The second-order valence-electron chi connectivity index (χ2n) is 6.19. The maximum Gasteiger partial charge on any atom is 0.193 e. The number of benzene rings is 3. The molecule has 0 bridgehead atoms. The summed E-state index contributed by atoms with van der Waals surface area (Å²) in [7, 11) is 0. The van der Waals surface area contributed by atoms with E-state index in [-0.39, 0.29) is 12.4 Å². The van der Waals surface area contributed by atoms with Crippen molar-refractivity contribution in [1.29, 1.82) is 0 Å². The summed E-state index contributed by atoms with van der Waals surface area (Å²) in [4.78, 5) is 8.96. The maximum atomic E-state index is 13.3. The van der Waals surface area contributed by atoms with Gasteiger partial charge in [-0.1, -0.05) is 39.7 Å². The summed E-state index contributed by atoms with van der Waals surface area (Å²) in [6.07, 6.45) is 0. The van der Waals surface area contributed by atoms with Gasteiger partial charge in [0.25, 0.3) is 0 Å². The molecular formula is C21H13BrClFIN3O. The molecule has 0 saturated heterocycles. The van der Waals surface area contributed by atoms with Gasteiger partial charge in [0, 0.05) is 38.1 Å². The summed E-state index contributed by atoms with van der Waals surface area (Å²) in [5.74, 6) is 0.909. The van der Waals surface area contributed by atoms with Gasteiger partial charge in [-0.15, -0.1) is 0 Å². The van der Waals surface area contributed by atoms with Crippen molar-refractivity contribution in [3.05, 3.63) is 85.4 Å². The number of nitrogens with one attached hydrogen (secondary N) is 1. The number of aromatic nitrogens is 2. The largest absolute Gasteiger partial charge is 0.487 e. The van der Waals surface area contributed by atoms with E-state index in [0.29, 0.717) is 20.4 Å². The molecule has 4 rings (SSSR count). The van der Waals surface area contributed by atoms with E-state index in [9.17, 15) is 4.39 Å². The molecule has 0 aliphatic rings. The Morgan fingerprint density at radius 3 is 2.72 bits per heavy atom. The zero-order valence-electron chi connectivity index (χ0n) is 14.8. The summed E-state index contributed by atoms with van der Waals surface area (Å²) < 4.78 is 20.6. The minimum atomic E-state index is -0.296. The van der Waals surface area contributed by atoms with Crippen LogP contribution < -0.4 is 10.1 Å². The molecule has 0 fully saturated rings. The van der Waals surface area contributed by atoms with Crippen molar-refractivity contribution >= 4 is 72.5 Å². The van der Waals surface area contributed by atoms with Crippen LogP contribution in [0.25, 0.3) is 10.9 Å². The number of hydrogen-bond acceptors (Lipinski definition) is 4. The predicted octanol–water partition coefficient (Wildman–Crippen LogP) is 7.11. The molecule has 1 aromatic heterocycles. The molecule has 0 aliphatic heterocycles. The molecular weight excluding hydrogens is 572 g/mol. The lowest BCUT2D eigenvalue weighted by Gasteiger charge is -2.12. The van der Waals surface area contributed by atoms with Crippen LogP contribution in [0.4, 0.5) is 15.9 Å². The molecule has 0 unspecified atom stereocenters. The Balaban J connectivity index is 1.56. The zero-order valence-corrected chi connectivity index (χ0v) is 19.3. The molecule has 0 atom stereocenters. The van der Waals surface area contributed by atoms with Crippen molar-refractivity contribution in [1.82, 2.24) is 9.97 Å². The Morgan fingerprint density at radius 2 is 1.93 bits per heavy atom. The highest BCUT2D eigenvalue weighted by Crippen LogP contribution is 2.32. The van der Waals surface area contributed by atoms with Crippen molar-refractivity contribution < 1.29 is 9.13 Å². The van der Waals surface area contributed by atoms with Gasteiger partial charge in [-0.05, 0) is 54.1 Å². The predicted molar refractivity (Wildman–Crippen MR) is 125 cm³/mol. The molecule has 0 amide bonds. The molecule has 8 heteroatoms. The van der Waals surface area contributed by atoms with Gasteiger partial charge in [0.2, 0.25) is 0 Å². The Bertz CT molecular complexity index is 1210. The summed E-state index contributed by atoms with van der Waals surface area (Å²) in [6.45, 7) is 0.229. The molecule has 4 nitrogen and oxygen atoms in total. The molecule has 4 aromatic rings. The number of anilines is 2. The Morgan fingerprint density at radius 1 is 1.07 bits per heavy atom. The van der Waals surface area contributed by atoms with E-state index in [4.69, 9.17) is 16.3 Å². The highest BCUT2D eigenvalue weighted by atomic mass is 127. The van der Waals surface area contributed by atoms with Gasteiger partial charge in [0.15, 0.2) is 3.83 Å². The highest BCUT2D eigenvalue weighted by Gasteiger charge is 2.10. The summed E-state index contributed by atoms with van der Waals surface area (Å²) >= 11 is 12.0. The van der Waals surface area contributed by atoms with Crippen LogP contribution in [0.3, 0.4) is 0 Å². The second kappa shape index (κ2) is 8.81. The van der Waals surface area contributed by atoms with Crippen LogP contribution in [0, 0.1) is 9.65 Å². The van der Waals surface area contributed by atoms with Crippen molar-refractivity contribution in [2.75, 3.05) is 5.32 Å². The van der Waals surface area contributed by atoms with Crippen molar-refractivity contribution in [2.45, 2.75) is 6.61 Å². The molecule has 29 heavy (non-hydrogen) atoms. The Labute approximate surface area is 193 Å². The monoisotopic (exact) mass is 583 g/mol. The van der Waals surface area contributed by atoms with Gasteiger partial charge in [-0.25, -0.2) is 14.4 Å². The molecule has 0 spiro atoms. The number of halogens is 4. The third-order valence-corrected chi connectivity index (χ3v) is 5.38.